The van der Waals surface area contributed by atoms with Crippen molar-refractivity contribution in [2.45, 2.75) is 33.2 Å². The van der Waals surface area contributed by atoms with E-state index in [1.165, 1.54) is 12.1 Å². The molecule has 9 nitrogen and oxygen atoms in total. The third-order valence-corrected chi connectivity index (χ3v) is 9.73. The summed E-state index contributed by atoms with van der Waals surface area (Å²) < 4.78 is 54.3. The van der Waals surface area contributed by atoms with Crippen LogP contribution in [0.4, 0.5) is 18.9 Å². The van der Waals surface area contributed by atoms with Crippen molar-refractivity contribution >= 4 is 97.1 Å². The largest absolute Gasteiger partial charge is 0.482 e. The molecule has 0 saturated heterocycles. The van der Waals surface area contributed by atoms with E-state index >= 15 is 0 Å². The quantitative estimate of drug-likeness (QED) is 0.121. The lowest BCUT2D eigenvalue weighted by Crippen LogP contribution is -2.16. The number of anilines is 1. The number of nitrogens with one attached hydrogen (secondary N) is 1. The minimum absolute atomic E-state index is 0.0474. The Kier molecular flexibility index (Phi) is 9.24. The Morgan fingerprint density at radius 2 is 1.71 bits per heavy atom. The first-order chi connectivity index (χ1) is 21.1. The van der Waals surface area contributed by atoms with Crippen LogP contribution in [0.1, 0.15) is 44.3 Å². The van der Waals surface area contributed by atoms with Crippen LogP contribution in [0.15, 0.2) is 28.8 Å². The van der Waals surface area contributed by atoms with Gasteiger partial charge in [0, 0.05) is 23.7 Å². The van der Waals surface area contributed by atoms with E-state index in [-0.39, 0.29) is 75.3 Å². The summed E-state index contributed by atoms with van der Waals surface area (Å²) in [6.07, 6.45) is -3.24. The van der Waals surface area contributed by atoms with Gasteiger partial charge in [0.05, 0.1) is 26.4 Å². The molecule has 3 N–H and O–H groups in total. The van der Waals surface area contributed by atoms with Crippen LogP contribution in [0.3, 0.4) is 0 Å². The Morgan fingerprint density at radius 3 is 2.29 bits per heavy atom. The van der Waals surface area contributed by atoms with Gasteiger partial charge in [-0.1, -0.05) is 58.0 Å². The lowest BCUT2D eigenvalue weighted by atomic mass is 10.0. The molecule has 1 aromatic carbocycles. The highest BCUT2D eigenvalue weighted by molar-refractivity contribution is 7.21. The molecule has 5 rings (SSSR count). The normalized spacial score (nSPS) is 11.8. The Hall–Kier alpha value is -3.20. The van der Waals surface area contributed by atoms with E-state index in [0.717, 1.165) is 6.07 Å². The summed E-state index contributed by atoms with van der Waals surface area (Å²) in [6.45, 7) is 3.61. The number of nitrogens with zero attached hydrogens (tertiary/aromatic N) is 3. The van der Waals surface area contributed by atoms with E-state index in [0.29, 0.717) is 29.1 Å². The first-order valence-electron chi connectivity index (χ1n) is 12.6. The highest BCUT2D eigenvalue weighted by Gasteiger charge is 2.35. The average molecular weight is 742 g/mol. The lowest BCUT2D eigenvalue weighted by Gasteiger charge is -2.13. The number of fused-ring (bicyclic) bond motifs is 1. The number of carbonyl (C=O) groups is 2. The summed E-state index contributed by atoms with van der Waals surface area (Å²) in [6, 6.07) is 3.57. The number of halogens is 8. The number of pyridine rings is 1. The number of ether oxygens (including phenoxy) is 1. The molecule has 0 aliphatic carbocycles. The lowest BCUT2D eigenvalue weighted by molar-refractivity contribution is -0.140. The van der Waals surface area contributed by atoms with Gasteiger partial charge in [-0.05, 0) is 37.6 Å². The van der Waals surface area contributed by atoms with Gasteiger partial charge in [-0.15, -0.1) is 11.3 Å². The van der Waals surface area contributed by atoms with Crippen LogP contribution in [-0.4, -0.2) is 26.6 Å². The number of thiophene rings is 1. The van der Waals surface area contributed by atoms with E-state index in [9.17, 15) is 22.8 Å². The van der Waals surface area contributed by atoms with Gasteiger partial charge in [0.25, 0.3) is 11.8 Å². The summed E-state index contributed by atoms with van der Waals surface area (Å²) in [5, 5.41) is 6.55. The van der Waals surface area contributed by atoms with Crippen molar-refractivity contribution in [3.05, 3.63) is 77.3 Å². The molecule has 4 aromatic heterocycles. The van der Waals surface area contributed by atoms with Crippen LogP contribution in [0.2, 0.25) is 25.1 Å². The predicted octanol–water partition coefficient (Wildman–Crippen LogP) is 9.30. The van der Waals surface area contributed by atoms with Crippen molar-refractivity contribution < 1.29 is 31.9 Å². The highest BCUT2D eigenvalue weighted by atomic mass is 35.5. The minimum atomic E-state index is -4.80. The minimum Gasteiger partial charge on any atom is -0.482 e. The van der Waals surface area contributed by atoms with Crippen molar-refractivity contribution in [2.24, 2.45) is 5.73 Å². The van der Waals surface area contributed by atoms with Crippen LogP contribution < -0.4 is 15.8 Å². The molecule has 0 saturated carbocycles. The van der Waals surface area contributed by atoms with Gasteiger partial charge < -0.3 is 20.2 Å². The molecule has 0 unspecified atom stereocenters. The van der Waals surface area contributed by atoms with E-state index in [2.05, 4.69) is 15.4 Å². The molecule has 236 valence electrons. The Morgan fingerprint density at radius 1 is 1.07 bits per heavy atom. The van der Waals surface area contributed by atoms with Gasteiger partial charge in [0.15, 0.2) is 11.5 Å². The number of alkyl halides is 3. The van der Waals surface area contributed by atoms with Crippen LogP contribution in [0.25, 0.3) is 21.3 Å². The van der Waals surface area contributed by atoms with Crippen LogP contribution in [0.5, 0.6) is 5.75 Å². The number of hydrogen-bond acceptors (Lipinski definition) is 7. The number of nitrogens with two attached hydrogens (primary N) is 1. The standard InChI is InChI=1S/C27H17Cl5F3N5O4S/c1-3-40-7-12(9(2)39-40)11-6-14(27(33,34)35)37-26-15(11)21(23(45-26)24(36)41)38-25(42)13-5-4-10(44-13)8-43-22-19(31)17(29)16(28)18(30)20(22)32/h4-7H,3,8H2,1-2H3,(H2,36,41)(H,38,42). The first kappa shape index (κ1) is 33.2. The van der Waals surface area contributed by atoms with Gasteiger partial charge in [0.2, 0.25) is 0 Å². The summed E-state index contributed by atoms with van der Waals surface area (Å²) in [7, 11) is 0. The number of hydrogen-bond donors (Lipinski definition) is 2. The second kappa shape index (κ2) is 12.5. The molecule has 2 amide bonds. The summed E-state index contributed by atoms with van der Waals surface area (Å²) >= 11 is 31.1. The molecule has 0 spiro atoms. The molecule has 18 heteroatoms. The molecular formula is C27H17Cl5F3N5O4S. The fourth-order valence-corrected chi connectivity index (χ4v) is 6.54. The van der Waals surface area contributed by atoms with Crippen molar-refractivity contribution in [3.63, 3.8) is 0 Å². The predicted molar refractivity (Wildman–Crippen MR) is 167 cm³/mol. The maximum absolute atomic E-state index is 13.9. The Labute approximate surface area is 280 Å². The van der Waals surface area contributed by atoms with Gasteiger partial charge in [-0.3, -0.25) is 14.3 Å². The molecular weight excluding hydrogens is 725 g/mol. The van der Waals surface area contributed by atoms with E-state index in [1.807, 2.05) is 6.92 Å². The smallest absolute Gasteiger partial charge is 0.433 e. The number of aryl methyl sites for hydroxylation is 2. The Bertz CT molecular complexity index is 1980. The second-order valence-corrected chi connectivity index (χ2v) is 12.2. The monoisotopic (exact) mass is 739 g/mol. The maximum Gasteiger partial charge on any atom is 0.433 e. The van der Waals surface area contributed by atoms with Crippen LogP contribution in [-0.2, 0) is 19.3 Å². The molecule has 45 heavy (non-hydrogen) atoms. The van der Waals surface area contributed by atoms with E-state index in [1.54, 1.807) is 17.8 Å². The average Bonchev–Trinajstić information content (AvgIpc) is 3.71. The highest BCUT2D eigenvalue weighted by Crippen LogP contribution is 2.48. The molecule has 0 aliphatic heterocycles. The van der Waals surface area contributed by atoms with Gasteiger partial charge in [-0.25, -0.2) is 4.98 Å². The number of aromatic nitrogens is 3. The SMILES string of the molecule is CCn1cc(-c2cc(C(F)(F)F)nc3sc(C(N)=O)c(NC(=O)c4ccc(COc5c(Cl)c(Cl)c(Cl)c(Cl)c5Cl)o4)c23)c(C)n1. The second-order valence-electron chi connectivity index (χ2n) is 9.30. The number of benzene rings is 1. The van der Waals surface area contributed by atoms with Gasteiger partial charge >= 0.3 is 6.18 Å². The van der Waals surface area contributed by atoms with Crippen molar-refractivity contribution in [1.29, 1.82) is 0 Å². The summed E-state index contributed by atoms with van der Waals surface area (Å²) in [4.78, 5) is 29.1. The molecule has 0 bridgehead atoms. The zero-order valence-corrected chi connectivity index (χ0v) is 27.3. The fraction of sp³-hybridized carbons (Fsp3) is 0.185. The third kappa shape index (κ3) is 6.29. The molecule has 0 atom stereocenters. The van der Waals surface area contributed by atoms with Gasteiger partial charge in [0.1, 0.15) is 37.8 Å². The van der Waals surface area contributed by atoms with Gasteiger partial charge in [-0.2, -0.15) is 18.3 Å². The number of amides is 2. The number of carbonyl (C=O) groups excluding carboxylic acids is 2. The number of furan rings is 1. The Balaban J connectivity index is 1.52. The van der Waals surface area contributed by atoms with E-state index < -0.39 is 23.7 Å². The molecule has 0 fully saturated rings. The van der Waals surface area contributed by atoms with Crippen molar-refractivity contribution in [3.8, 4) is 16.9 Å². The zero-order chi connectivity index (χ0) is 33.0. The summed E-state index contributed by atoms with van der Waals surface area (Å²) in [5.41, 5.74) is 5.06. The molecule has 5 aromatic rings. The van der Waals surface area contributed by atoms with E-state index in [4.69, 9.17) is 72.9 Å². The molecule has 4 heterocycles. The maximum atomic E-state index is 13.9. The molecule has 0 aliphatic rings. The fourth-order valence-electron chi connectivity index (χ4n) is 4.30. The molecule has 0 radical (unpaired) electrons. The summed E-state index contributed by atoms with van der Waals surface area (Å²) in [5.74, 6) is -2.00. The number of primary amides is 1. The number of rotatable bonds is 8. The van der Waals surface area contributed by atoms with Crippen molar-refractivity contribution in [1.82, 2.24) is 14.8 Å². The van der Waals surface area contributed by atoms with Crippen molar-refractivity contribution in [2.75, 3.05) is 5.32 Å². The van der Waals surface area contributed by atoms with Crippen LogP contribution in [0, 0.1) is 6.92 Å². The topological polar surface area (TPSA) is 125 Å². The van der Waals surface area contributed by atoms with Crippen LogP contribution >= 0.6 is 69.3 Å². The first-order valence-corrected chi connectivity index (χ1v) is 15.3. The zero-order valence-electron chi connectivity index (χ0n) is 22.7. The third-order valence-electron chi connectivity index (χ3n) is 6.39.